The van der Waals surface area contributed by atoms with E-state index in [2.05, 4.69) is 53.4 Å². The fourth-order valence-corrected chi connectivity index (χ4v) is 4.38. The lowest BCUT2D eigenvalue weighted by Gasteiger charge is -2.29. The Hall–Kier alpha value is -2.10. The lowest BCUT2D eigenvalue weighted by Crippen LogP contribution is -2.36. The Morgan fingerprint density at radius 1 is 0.893 bits per heavy atom. The van der Waals surface area contributed by atoms with Crippen LogP contribution in [0.2, 0.25) is 0 Å². The van der Waals surface area contributed by atoms with Gasteiger partial charge < -0.3 is 4.74 Å². The highest BCUT2D eigenvalue weighted by Gasteiger charge is 2.24. The number of halogens is 1. The zero-order valence-electron chi connectivity index (χ0n) is 16.4. The molecule has 0 spiro atoms. The molecule has 0 N–H and O–H groups in total. The van der Waals surface area contributed by atoms with Crippen molar-refractivity contribution in [3.05, 3.63) is 76.4 Å². The van der Waals surface area contributed by atoms with Crippen LogP contribution in [0, 0.1) is 0 Å². The van der Waals surface area contributed by atoms with E-state index in [1.807, 2.05) is 6.92 Å². The van der Waals surface area contributed by atoms with Crippen LogP contribution in [-0.2, 0) is 22.4 Å². The van der Waals surface area contributed by atoms with Gasteiger partial charge in [-0.2, -0.15) is 0 Å². The lowest BCUT2D eigenvalue weighted by atomic mass is 9.86. The number of piperidine rings is 1. The number of hydrogen-bond acceptors (Lipinski definition) is 3. The summed E-state index contributed by atoms with van der Waals surface area (Å²) in [6.07, 6.45) is 4.21. The Bertz CT molecular complexity index is 815. The van der Waals surface area contributed by atoms with Gasteiger partial charge >= 0.3 is 5.97 Å². The van der Waals surface area contributed by atoms with Crippen molar-refractivity contribution >= 4 is 23.9 Å². The first-order valence-electron chi connectivity index (χ1n) is 10.0. The highest BCUT2D eigenvalue weighted by molar-refractivity contribution is 5.86. The topological polar surface area (TPSA) is 29.5 Å². The monoisotopic (exact) mass is 397 g/mol. The van der Waals surface area contributed by atoms with Gasteiger partial charge in [0.05, 0.1) is 13.2 Å². The van der Waals surface area contributed by atoms with Crippen LogP contribution in [0.5, 0.6) is 0 Å². The number of carbonyl (C=O) groups excluding carboxylic acids is 1. The summed E-state index contributed by atoms with van der Waals surface area (Å²) in [5.41, 5.74) is 8.66. The van der Waals surface area contributed by atoms with E-state index in [9.17, 15) is 4.79 Å². The first kappa shape index (κ1) is 20.6. The summed E-state index contributed by atoms with van der Waals surface area (Å²) in [5.74, 6) is -0.112. The Balaban J connectivity index is 0.00000225. The van der Waals surface area contributed by atoms with Gasteiger partial charge in [0.2, 0.25) is 0 Å². The molecule has 4 rings (SSSR count). The molecule has 1 aliphatic heterocycles. The number of likely N-dealkylation sites (tertiary alicyclic amines) is 1. The zero-order chi connectivity index (χ0) is 18.6. The summed E-state index contributed by atoms with van der Waals surface area (Å²) in [6.45, 7) is 4.56. The molecule has 2 aliphatic rings. The maximum absolute atomic E-state index is 11.8. The number of rotatable bonds is 3. The SMILES string of the molecule is CCOC(=O)CN1CCC(=C2c3ccccc3CCc3ccccc32)CC1.Cl. The maximum Gasteiger partial charge on any atom is 0.320 e. The van der Waals surface area contributed by atoms with Gasteiger partial charge in [0.15, 0.2) is 0 Å². The van der Waals surface area contributed by atoms with Crippen molar-refractivity contribution in [2.75, 3.05) is 26.2 Å². The molecule has 3 nitrogen and oxygen atoms in total. The molecule has 0 bridgehead atoms. The fourth-order valence-electron chi connectivity index (χ4n) is 4.38. The molecule has 1 heterocycles. The number of fused-ring (bicyclic) bond motifs is 2. The van der Waals surface area contributed by atoms with Crippen molar-refractivity contribution in [1.82, 2.24) is 4.90 Å². The molecule has 1 aliphatic carbocycles. The Morgan fingerprint density at radius 3 is 1.96 bits per heavy atom. The number of esters is 1. The minimum absolute atomic E-state index is 0. The molecule has 1 saturated heterocycles. The third-order valence-corrected chi connectivity index (χ3v) is 5.71. The molecule has 148 valence electrons. The molecule has 2 aromatic carbocycles. The minimum atomic E-state index is -0.112. The van der Waals surface area contributed by atoms with E-state index < -0.39 is 0 Å². The average Bonchev–Trinajstić information content (AvgIpc) is 2.86. The van der Waals surface area contributed by atoms with Gasteiger partial charge in [-0.05, 0) is 60.4 Å². The van der Waals surface area contributed by atoms with Crippen LogP contribution in [-0.4, -0.2) is 37.1 Å². The minimum Gasteiger partial charge on any atom is -0.465 e. The number of carbonyl (C=O) groups is 1. The van der Waals surface area contributed by atoms with E-state index in [0.717, 1.165) is 38.8 Å². The Kier molecular flexibility index (Phi) is 6.93. The zero-order valence-corrected chi connectivity index (χ0v) is 17.3. The molecule has 0 amide bonds. The predicted molar refractivity (Wildman–Crippen MR) is 116 cm³/mol. The van der Waals surface area contributed by atoms with Crippen LogP contribution < -0.4 is 0 Å². The number of nitrogens with zero attached hydrogens (tertiary/aromatic N) is 1. The van der Waals surface area contributed by atoms with Gasteiger partial charge in [-0.15, -0.1) is 12.4 Å². The van der Waals surface area contributed by atoms with E-state index in [-0.39, 0.29) is 18.4 Å². The van der Waals surface area contributed by atoms with Crippen molar-refractivity contribution in [2.45, 2.75) is 32.6 Å². The molecular formula is C24H28ClNO2. The molecule has 0 aromatic heterocycles. The molecule has 0 unspecified atom stereocenters. The number of hydrogen-bond donors (Lipinski definition) is 0. The second-order valence-corrected chi connectivity index (χ2v) is 7.37. The Morgan fingerprint density at radius 2 is 1.43 bits per heavy atom. The Labute approximate surface area is 173 Å². The van der Waals surface area contributed by atoms with Crippen molar-refractivity contribution in [2.24, 2.45) is 0 Å². The van der Waals surface area contributed by atoms with E-state index in [1.54, 1.807) is 0 Å². The summed E-state index contributed by atoms with van der Waals surface area (Å²) < 4.78 is 5.10. The lowest BCUT2D eigenvalue weighted by molar-refractivity contribution is -0.144. The van der Waals surface area contributed by atoms with Crippen molar-refractivity contribution < 1.29 is 9.53 Å². The van der Waals surface area contributed by atoms with E-state index in [0.29, 0.717) is 13.2 Å². The van der Waals surface area contributed by atoms with Crippen LogP contribution in [0.3, 0.4) is 0 Å². The molecule has 1 fully saturated rings. The van der Waals surface area contributed by atoms with Gasteiger partial charge in [0, 0.05) is 13.1 Å². The van der Waals surface area contributed by atoms with Crippen molar-refractivity contribution in [1.29, 1.82) is 0 Å². The first-order valence-corrected chi connectivity index (χ1v) is 10.0. The van der Waals surface area contributed by atoms with Gasteiger partial charge in [-0.3, -0.25) is 9.69 Å². The smallest absolute Gasteiger partial charge is 0.320 e. The van der Waals surface area contributed by atoms with Crippen LogP contribution in [0.1, 0.15) is 42.0 Å². The van der Waals surface area contributed by atoms with Crippen LogP contribution >= 0.6 is 12.4 Å². The fraction of sp³-hybridized carbons (Fsp3) is 0.375. The molecule has 28 heavy (non-hydrogen) atoms. The standard InChI is InChI=1S/C24H27NO2.ClH/c1-2-27-23(26)17-25-15-13-20(14-16-25)24-21-9-5-3-7-18(21)11-12-19-8-4-6-10-22(19)24;/h3-10H,2,11-17H2,1H3;1H. The number of aryl methyl sites for hydroxylation is 2. The van der Waals surface area contributed by atoms with E-state index in [1.165, 1.54) is 33.4 Å². The molecule has 4 heteroatoms. The third-order valence-electron chi connectivity index (χ3n) is 5.71. The third kappa shape index (κ3) is 4.31. The second kappa shape index (κ2) is 9.40. The largest absolute Gasteiger partial charge is 0.465 e. The summed E-state index contributed by atoms with van der Waals surface area (Å²) in [5, 5.41) is 0. The second-order valence-electron chi connectivity index (χ2n) is 7.37. The summed E-state index contributed by atoms with van der Waals surface area (Å²) >= 11 is 0. The molecule has 0 radical (unpaired) electrons. The number of benzene rings is 2. The summed E-state index contributed by atoms with van der Waals surface area (Å²) in [4.78, 5) is 14.0. The number of ether oxygens (including phenoxy) is 1. The first-order chi connectivity index (χ1) is 13.3. The summed E-state index contributed by atoms with van der Waals surface area (Å²) in [7, 11) is 0. The molecule has 0 atom stereocenters. The van der Waals surface area contributed by atoms with Gasteiger partial charge in [-0.25, -0.2) is 0 Å². The molecule has 0 saturated carbocycles. The van der Waals surface area contributed by atoms with E-state index >= 15 is 0 Å². The quantitative estimate of drug-likeness (QED) is 0.705. The van der Waals surface area contributed by atoms with Crippen LogP contribution in [0.15, 0.2) is 54.1 Å². The average molecular weight is 398 g/mol. The summed E-state index contributed by atoms with van der Waals surface area (Å²) in [6, 6.07) is 17.7. The highest BCUT2D eigenvalue weighted by atomic mass is 35.5. The normalized spacial score (nSPS) is 16.5. The van der Waals surface area contributed by atoms with Crippen LogP contribution in [0.4, 0.5) is 0 Å². The van der Waals surface area contributed by atoms with E-state index in [4.69, 9.17) is 4.74 Å². The van der Waals surface area contributed by atoms with Crippen LogP contribution in [0.25, 0.3) is 5.57 Å². The van der Waals surface area contributed by atoms with Crippen molar-refractivity contribution in [3.8, 4) is 0 Å². The predicted octanol–water partition coefficient (Wildman–Crippen LogP) is 4.67. The highest BCUT2D eigenvalue weighted by Crippen LogP contribution is 2.38. The molecule has 2 aromatic rings. The van der Waals surface area contributed by atoms with Gasteiger partial charge in [0.25, 0.3) is 0 Å². The van der Waals surface area contributed by atoms with Gasteiger partial charge in [0.1, 0.15) is 0 Å². The maximum atomic E-state index is 11.8. The van der Waals surface area contributed by atoms with Gasteiger partial charge in [-0.1, -0.05) is 54.1 Å². The van der Waals surface area contributed by atoms with Crippen molar-refractivity contribution in [3.63, 3.8) is 0 Å². The molecular weight excluding hydrogens is 370 g/mol.